The van der Waals surface area contributed by atoms with E-state index >= 15 is 0 Å². The van der Waals surface area contributed by atoms with Gasteiger partial charge in [0, 0.05) is 32.2 Å². The summed E-state index contributed by atoms with van der Waals surface area (Å²) >= 11 is 0. The van der Waals surface area contributed by atoms with E-state index in [0.717, 1.165) is 38.3 Å². The third-order valence-electron chi connectivity index (χ3n) is 5.68. The summed E-state index contributed by atoms with van der Waals surface area (Å²) < 4.78 is 29.8. The zero-order valence-corrected chi connectivity index (χ0v) is 21.2. The molecule has 2 N–H and O–H groups in total. The maximum atomic E-state index is 13.0. The third-order valence-corrected chi connectivity index (χ3v) is 5.68. The Bertz CT molecular complexity index is 841. The average Bonchev–Trinajstić information content (AvgIpc) is 2.81. The second-order valence-electron chi connectivity index (χ2n) is 7.81. The quantitative estimate of drug-likeness (QED) is 0.291. The number of halogens is 2. The van der Waals surface area contributed by atoms with E-state index in [-0.39, 0.29) is 41.3 Å². The summed E-state index contributed by atoms with van der Waals surface area (Å²) in [5.74, 6) is 1.93. The molecule has 0 radical (unpaired) electrons. The first-order valence-corrected chi connectivity index (χ1v) is 10.6. The number of aliphatic imine (C=N–C) groups is 1. The molecule has 0 aliphatic carbocycles. The molecule has 0 bridgehead atoms. The van der Waals surface area contributed by atoms with Gasteiger partial charge in [0.2, 0.25) is 0 Å². The molecule has 0 saturated carbocycles. The van der Waals surface area contributed by atoms with Crippen LogP contribution in [-0.4, -0.2) is 52.5 Å². The first-order chi connectivity index (χ1) is 15.0. The van der Waals surface area contributed by atoms with Crippen LogP contribution < -0.4 is 20.1 Å². The van der Waals surface area contributed by atoms with Gasteiger partial charge >= 0.3 is 0 Å². The number of ether oxygens (including phenoxy) is 3. The van der Waals surface area contributed by atoms with Crippen LogP contribution >= 0.6 is 24.0 Å². The number of rotatable bonds is 8. The fourth-order valence-electron chi connectivity index (χ4n) is 3.78. The molecule has 0 amide bonds. The Balaban J connectivity index is 0.00000363. The van der Waals surface area contributed by atoms with Crippen LogP contribution in [0.15, 0.2) is 53.5 Å². The van der Waals surface area contributed by atoms with Crippen molar-refractivity contribution in [2.24, 2.45) is 4.99 Å². The maximum absolute atomic E-state index is 13.0. The lowest BCUT2D eigenvalue weighted by Crippen LogP contribution is -2.49. The van der Waals surface area contributed by atoms with Crippen molar-refractivity contribution in [2.75, 3.05) is 40.5 Å². The molecule has 1 fully saturated rings. The summed E-state index contributed by atoms with van der Waals surface area (Å²) in [6, 6.07) is 14.3. The monoisotopic (exact) mass is 557 g/mol. The molecule has 1 atom stereocenters. The molecule has 0 aromatic heterocycles. The van der Waals surface area contributed by atoms with Gasteiger partial charge in [0.05, 0.1) is 13.7 Å². The highest BCUT2D eigenvalue weighted by Gasteiger charge is 2.34. The van der Waals surface area contributed by atoms with Gasteiger partial charge in [-0.3, -0.25) is 4.99 Å². The molecule has 32 heavy (non-hydrogen) atoms. The van der Waals surface area contributed by atoms with E-state index < -0.39 is 0 Å². The Morgan fingerprint density at radius 1 is 1.06 bits per heavy atom. The van der Waals surface area contributed by atoms with Crippen molar-refractivity contribution in [3.05, 3.63) is 59.9 Å². The Labute approximate surface area is 207 Å². The number of methoxy groups -OCH3 is 1. The Hall–Kier alpha value is -2.07. The highest BCUT2D eigenvalue weighted by atomic mass is 127. The van der Waals surface area contributed by atoms with Gasteiger partial charge in [0.15, 0.2) is 5.96 Å². The highest BCUT2D eigenvalue weighted by Crippen LogP contribution is 2.35. The number of nitrogens with one attached hydrogen (secondary N) is 2. The summed E-state index contributed by atoms with van der Waals surface area (Å²) in [6.45, 7) is 4.75. The maximum Gasteiger partial charge on any atom is 0.191 e. The molecule has 1 unspecified atom stereocenters. The predicted molar refractivity (Wildman–Crippen MR) is 136 cm³/mol. The van der Waals surface area contributed by atoms with E-state index in [1.165, 1.54) is 17.7 Å². The largest absolute Gasteiger partial charge is 0.497 e. The van der Waals surface area contributed by atoms with Crippen LogP contribution in [0.1, 0.15) is 25.3 Å². The topological polar surface area (TPSA) is 64.1 Å². The smallest absolute Gasteiger partial charge is 0.191 e. The van der Waals surface area contributed by atoms with Crippen LogP contribution in [0.2, 0.25) is 0 Å². The third kappa shape index (κ3) is 7.23. The molecule has 8 heteroatoms. The minimum absolute atomic E-state index is 0. The fourth-order valence-corrected chi connectivity index (χ4v) is 3.78. The molecule has 1 aliphatic rings. The van der Waals surface area contributed by atoms with Crippen molar-refractivity contribution in [2.45, 2.75) is 31.3 Å². The SMILES string of the molecule is CN=C(NCC(C)Oc1ccc(F)cc1)NCC1(c2ccc(OC)cc2)CCOCC1.I. The lowest BCUT2D eigenvalue weighted by Gasteiger charge is -2.38. The zero-order chi connectivity index (χ0) is 22.1. The van der Waals surface area contributed by atoms with Crippen molar-refractivity contribution in [1.82, 2.24) is 10.6 Å². The summed E-state index contributed by atoms with van der Waals surface area (Å²) in [7, 11) is 3.43. The first kappa shape index (κ1) is 26.2. The minimum Gasteiger partial charge on any atom is -0.497 e. The van der Waals surface area contributed by atoms with Gasteiger partial charge in [-0.1, -0.05) is 12.1 Å². The van der Waals surface area contributed by atoms with Crippen LogP contribution in [0.25, 0.3) is 0 Å². The van der Waals surface area contributed by atoms with Gasteiger partial charge in [0.25, 0.3) is 0 Å². The van der Waals surface area contributed by atoms with Crippen molar-refractivity contribution in [3.8, 4) is 11.5 Å². The Kier molecular flexibility index (Phi) is 10.5. The molecule has 1 heterocycles. The van der Waals surface area contributed by atoms with Gasteiger partial charge in [-0.05, 0) is 61.7 Å². The molecule has 176 valence electrons. The number of hydrogen-bond donors (Lipinski definition) is 2. The first-order valence-electron chi connectivity index (χ1n) is 10.6. The molecule has 3 rings (SSSR count). The lowest BCUT2D eigenvalue weighted by molar-refractivity contribution is 0.0513. The Morgan fingerprint density at radius 3 is 2.28 bits per heavy atom. The lowest BCUT2D eigenvalue weighted by atomic mass is 9.74. The summed E-state index contributed by atoms with van der Waals surface area (Å²) in [4.78, 5) is 4.35. The average molecular weight is 557 g/mol. The van der Waals surface area contributed by atoms with Crippen LogP contribution in [0.4, 0.5) is 4.39 Å². The standard InChI is InChI=1S/C24H32FN3O3.HI/c1-18(31-22-10-6-20(25)7-11-22)16-27-23(26-2)28-17-24(12-14-30-15-13-24)19-4-8-21(29-3)9-5-19;/h4-11,18H,12-17H2,1-3H3,(H2,26,27,28);1H. The molecule has 1 aliphatic heterocycles. The molecule has 2 aromatic rings. The van der Waals surface area contributed by atoms with Crippen molar-refractivity contribution in [1.29, 1.82) is 0 Å². The van der Waals surface area contributed by atoms with Crippen molar-refractivity contribution < 1.29 is 18.6 Å². The second kappa shape index (κ2) is 12.8. The van der Waals surface area contributed by atoms with Gasteiger partial charge in [-0.2, -0.15) is 0 Å². The van der Waals surface area contributed by atoms with Crippen LogP contribution in [0, 0.1) is 5.82 Å². The summed E-state index contributed by atoms with van der Waals surface area (Å²) in [5, 5.41) is 6.80. The van der Waals surface area contributed by atoms with E-state index in [4.69, 9.17) is 14.2 Å². The van der Waals surface area contributed by atoms with E-state index in [0.29, 0.717) is 18.3 Å². The molecular formula is C24H33FIN3O3. The second-order valence-corrected chi connectivity index (χ2v) is 7.81. The Morgan fingerprint density at radius 2 is 1.69 bits per heavy atom. The molecular weight excluding hydrogens is 524 g/mol. The van der Waals surface area contributed by atoms with Gasteiger partial charge < -0.3 is 24.8 Å². The van der Waals surface area contributed by atoms with E-state index in [9.17, 15) is 4.39 Å². The van der Waals surface area contributed by atoms with Gasteiger partial charge in [0.1, 0.15) is 23.4 Å². The van der Waals surface area contributed by atoms with Crippen LogP contribution in [0.5, 0.6) is 11.5 Å². The number of benzene rings is 2. The number of guanidine groups is 1. The summed E-state index contributed by atoms with van der Waals surface area (Å²) in [5.41, 5.74) is 1.24. The van der Waals surface area contributed by atoms with Crippen molar-refractivity contribution >= 4 is 29.9 Å². The molecule has 0 spiro atoms. The molecule has 6 nitrogen and oxygen atoms in total. The van der Waals surface area contributed by atoms with E-state index in [1.54, 1.807) is 26.3 Å². The van der Waals surface area contributed by atoms with Crippen LogP contribution in [-0.2, 0) is 10.2 Å². The van der Waals surface area contributed by atoms with Crippen LogP contribution in [0.3, 0.4) is 0 Å². The van der Waals surface area contributed by atoms with Gasteiger partial charge in [-0.25, -0.2) is 4.39 Å². The van der Waals surface area contributed by atoms with Gasteiger partial charge in [-0.15, -0.1) is 24.0 Å². The highest BCUT2D eigenvalue weighted by molar-refractivity contribution is 14.0. The minimum atomic E-state index is -0.276. The molecule has 2 aromatic carbocycles. The number of hydrogen-bond acceptors (Lipinski definition) is 4. The fraction of sp³-hybridized carbons (Fsp3) is 0.458. The van der Waals surface area contributed by atoms with E-state index in [2.05, 4.69) is 27.8 Å². The molecule has 1 saturated heterocycles. The normalized spacial score (nSPS) is 16.4. The predicted octanol–water partition coefficient (Wildman–Crippen LogP) is 4.13. The zero-order valence-electron chi connectivity index (χ0n) is 18.9. The summed E-state index contributed by atoms with van der Waals surface area (Å²) in [6.07, 6.45) is 1.77. The number of nitrogens with zero attached hydrogens (tertiary/aromatic N) is 1. The van der Waals surface area contributed by atoms with Crippen molar-refractivity contribution in [3.63, 3.8) is 0 Å². The van der Waals surface area contributed by atoms with E-state index in [1.807, 2.05) is 19.1 Å².